The van der Waals surface area contributed by atoms with Gasteiger partial charge < -0.3 is 10.2 Å². The molecule has 15 heavy (non-hydrogen) atoms. The fourth-order valence-electron chi connectivity index (χ4n) is 2.16. The van der Waals surface area contributed by atoms with Gasteiger partial charge in [-0.15, -0.1) is 0 Å². The van der Waals surface area contributed by atoms with Crippen LogP contribution in [0.15, 0.2) is 18.2 Å². The molecule has 0 aliphatic heterocycles. The number of aryl methyl sites for hydroxylation is 1. The van der Waals surface area contributed by atoms with Gasteiger partial charge in [-0.2, -0.15) is 5.26 Å². The highest BCUT2D eigenvalue weighted by atomic mass is 16.3. The van der Waals surface area contributed by atoms with Gasteiger partial charge in [0, 0.05) is 5.56 Å². The molecular weight excluding hydrogens is 190 g/mol. The van der Waals surface area contributed by atoms with Crippen LogP contribution in [0.5, 0.6) is 5.75 Å². The van der Waals surface area contributed by atoms with Crippen molar-refractivity contribution in [3.05, 3.63) is 29.3 Å². The van der Waals surface area contributed by atoms with E-state index in [-0.39, 0.29) is 5.75 Å². The molecule has 3 nitrogen and oxygen atoms in total. The van der Waals surface area contributed by atoms with Crippen molar-refractivity contribution in [2.24, 2.45) is 0 Å². The van der Waals surface area contributed by atoms with Gasteiger partial charge in [-0.1, -0.05) is 12.1 Å². The average molecular weight is 203 g/mol. The van der Waals surface area contributed by atoms with E-state index in [1.54, 1.807) is 12.1 Å². The van der Waals surface area contributed by atoms with Gasteiger partial charge in [-0.25, -0.2) is 0 Å². The first-order valence-electron chi connectivity index (χ1n) is 4.97. The highest BCUT2D eigenvalue weighted by Crippen LogP contribution is 2.46. The molecule has 0 unspecified atom stereocenters. The summed E-state index contributed by atoms with van der Waals surface area (Å²) in [5.74, 6) is 0.156. The normalized spacial score (nSPS) is 29.3. The summed E-state index contributed by atoms with van der Waals surface area (Å²) in [4.78, 5) is 0. The lowest BCUT2D eigenvalue weighted by Crippen LogP contribution is -2.43. The van der Waals surface area contributed by atoms with Crippen LogP contribution in [0, 0.1) is 18.3 Å². The molecule has 1 saturated carbocycles. The van der Waals surface area contributed by atoms with Crippen molar-refractivity contribution in [3.8, 4) is 11.8 Å². The molecule has 0 aromatic heterocycles. The molecule has 0 saturated heterocycles. The molecule has 2 N–H and O–H groups in total. The Labute approximate surface area is 88.6 Å². The van der Waals surface area contributed by atoms with E-state index in [0.29, 0.717) is 18.4 Å². The highest BCUT2D eigenvalue weighted by molar-refractivity contribution is 5.47. The number of phenols is 1. The molecule has 2 rings (SSSR count). The Morgan fingerprint density at radius 2 is 2.13 bits per heavy atom. The number of nitriles is 1. The van der Waals surface area contributed by atoms with Crippen LogP contribution in [-0.2, 0) is 5.41 Å². The Balaban J connectivity index is 2.41. The van der Waals surface area contributed by atoms with Gasteiger partial charge in [0.2, 0.25) is 0 Å². The van der Waals surface area contributed by atoms with Crippen LogP contribution < -0.4 is 0 Å². The number of hydrogen-bond acceptors (Lipinski definition) is 3. The lowest BCUT2D eigenvalue weighted by molar-refractivity contribution is 0.0438. The number of hydrogen-bond donors (Lipinski definition) is 2. The van der Waals surface area contributed by atoms with Crippen LogP contribution in [0.25, 0.3) is 0 Å². The Kier molecular flexibility index (Phi) is 2.17. The molecular formula is C12H13NO2. The standard InChI is InChI=1S/C12H13NO2/c1-8-2-3-10(11(15)4-8)12(7-13)5-9(14)6-12/h2-4,9,14-15H,5-6H2,1H3. The van der Waals surface area contributed by atoms with Crippen molar-refractivity contribution in [2.75, 3.05) is 0 Å². The van der Waals surface area contributed by atoms with Crippen LogP contribution in [-0.4, -0.2) is 16.3 Å². The second-order valence-corrected chi connectivity index (χ2v) is 4.28. The van der Waals surface area contributed by atoms with Crippen LogP contribution in [0.2, 0.25) is 0 Å². The minimum Gasteiger partial charge on any atom is -0.508 e. The highest BCUT2D eigenvalue weighted by Gasteiger charge is 2.46. The van der Waals surface area contributed by atoms with Crippen molar-refractivity contribution < 1.29 is 10.2 Å². The fraction of sp³-hybridized carbons (Fsp3) is 0.417. The number of rotatable bonds is 1. The summed E-state index contributed by atoms with van der Waals surface area (Å²) in [6.45, 7) is 1.89. The maximum absolute atomic E-state index is 9.78. The summed E-state index contributed by atoms with van der Waals surface area (Å²) in [5, 5.41) is 28.2. The number of phenolic OH excluding ortho intramolecular Hbond substituents is 1. The van der Waals surface area contributed by atoms with Crippen molar-refractivity contribution in [3.63, 3.8) is 0 Å². The van der Waals surface area contributed by atoms with E-state index in [2.05, 4.69) is 6.07 Å². The van der Waals surface area contributed by atoms with Gasteiger partial charge in [0.1, 0.15) is 5.75 Å². The minimum atomic E-state index is -0.683. The Bertz CT molecular complexity index is 428. The number of aromatic hydroxyl groups is 1. The third kappa shape index (κ3) is 1.47. The van der Waals surface area contributed by atoms with Gasteiger partial charge in [-0.05, 0) is 31.4 Å². The van der Waals surface area contributed by atoms with Crippen LogP contribution in [0.1, 0.15) is 24.0 Å². The lowest BCUT2D eigenvalue weighted by atomic mass is 9.63. The fourth-order valence-corrected chi connectivity index (χ4v) is 2.16. The van der Waals surface area contributed by atoms with E-state index in [9.17, 15) is 10.2 Å². The quantitative estimate of drug-likeness (QED) is 0.728. The number of nitrogens with zero attached hydrogens (tertiary/aromatic N) is 1. The zero-order valence-corrected chi connectivity index (χ0v) is 8.57. The molecule has 3 heteroatoms. The van der Waals surface area contributed by atoms with Crippen LogP contribution in [0.3, 0.4) is 0 Å². The van der Waals surface area contributed by atoms with E-state index in [4.69, 9.17) is 5.26 Å². The van der Waals surface area contributed by atoms with E-state index in [1.807, 2.05) is 13.0 Å². The first-order chi connectivity index (χ1) is 7.07. The summed E-state index contributed by atoms with van der Waals surface area (Å²) < 4.78 is 0. The van der Waals surface area contributed by atoms with E-state index in [1.165, 1.54) is 0 Å². The number of aliphatic hydroxyl groups excluding tert-OH is 1. The molecule has 1 aromatic rings. The van der Waals surface area contributed by atoms with Gasteiger partial charge in [-0.3, -0.25) is 0 Å². The molecule has 0 radical (unpaired) electrons. The second kappa shape index (κ2) is 3.25. The van der Waals surface area contributed by atoms with Gasteiger partial charge in [0.05, 0.1) is 17.6 Å². The maximum Gasteiger partial charge on any atom is 0.120 e. The first kappa shape index (κ1) is 10.0. The van der Waals surface area contributed by atoms with Crippen LogP contribution in [0.4, 0.5) is 0 Å². The second-order valence-electron chi connectivity index (χ2n) is 4.28. The largest absolute Gasteiger partial charge is 0.508 e. The number of benzene rings is 1. The van der Waals surface area contributed by atoms with Gasteiger partial charge >= 0.3 is 0 Å². The third-order valence-corrected chi connectivity index (χ3v) is 3.05. The molecule has 1 aromatic carbocycles. The first-order valence-corrected chi connectivity index (χ1v) is 4.97. The maximum atomic E-state index is 9.78. The van der Waals surface area contributed by atoms with Crippen LogP contribution >= 0.6 is 0 Å². The molecule has 78 valence electrons. The van der Waals surface area contributed by atoms with E-state index >= 15 is 0 Å². The zero-order chi connectivity index (χ0) is 11.1. The summed E-state index contributed by atoms with van der Waals surface area (Å²) >= 11 is 0. The van der Waals surface area contributed by atoms with E-state index < -0.39 is 11.5 Å². The SMILES string of the molecule is Cc1ccc(C2(C#N)CC(O)C2)c(O)c1. The monoisotopic (exact) mass is 203 g/mol. The average Bonchev–Trinajstić information content (AvgIpc) is 2.13. The molecule has 0 spiro atoms. The van der Waals surface area contributed by atoms with Crippen molar-refractivity contribution >= 4 is 0 Å². The molecule has 0 amide bonds. The van der Waals surface area contributed by atoms with Crippen molar-refractivity contribution in [1.29, 1.82) is 5.26 Å². The van der Waals surface area contributed by atoms with E-state index in [0.717, 1.165) is 5.56 Å². The zero-order valence-electron chi connectivity index (χ0n) is 8.57. The summed E-state index contributed by atoms with van der Waals surface area (Å²) in [6.07, 6.45) is 0.422. The Morgan fingerprint density at radius 3 is 2.60 bits per heavy atom. The predicted octanol–water partition coefficient (Wildman–Crippen LogP) is 1.62. The third-order valence-electron chi connectivity index (χ3n) is 3.05. The molecule has 0 heterocycles. The van der Waals surface area contributed by atoms with Crippen molar-refractivity contribution in [1.82, 2.24) is 0 Å². The summed E-state index contributed by atoms with van der Waals surface area (Å²) in [6, 6.07) is 7.51. The minimum absolute atomic E-state index is 0.156. The smallest absolute Gasteiger partial charge is 0.120 e. The summed E-state index contributed by atoms with van der Waals surface area (Å²) in [5.41, 5.74) is 0.919. The Morgan fingerprint density at radius 1 is 1.47 bits per heavy atom. The van der Waals surface area contributed by atoms with Gasteiger partial charge in [0.25, 0.3) is 0 Å². The van der Waals surface area contributed by atoms with Gasteiger partial charge in [0.15, 0.2) is 0 Å². The Hall–Kier alpha value is -1.53. The lowest BCUT2D eigenvalue weighted by Gasteiger charge is -2.40. The topological polar surface area (TPSA) is 64.2 Å². The predicted molar refractivity (Wildman–Crippen MR) is 55.4 cm³/mol. The number of aliphatic hydroxyl groups is 1. The molecule has 1 aliphatic carbocycles. The molecule has 1 aliphatic rings. The summed E-state index contributed by atoms with van der Waals surface area (Å²) in [7, 11) is 0. The molecule has 0 bridgehead atoms. The molecule has 0 atom stereocenters. The molecule has 1 fully saturated rings. The van der Waals surface area contributed by atoms with Crippen molar-refractivity contribution in [2.45, 2.75) is 31.3 Å².